The highest BCUT2D eigenvalue weighted by Crippen LogP contribution is 2.20. The SMILES string of the molecule is N#CC1CCC(=O)N1Cc1ccc(F)cc1. The molecule has 1 unspecified atom stereocenters. The van der Waals surface area contributed by atoms with E-state index in [9.17, 15) is 9.18 Å². The monoisotopic (exact) mass is 218 g/mol. The summed E-state index contributed by atoms with van der Waals surface area (Å²) in [6.45, 7) is 0.386. The normalized spacial score (nSPS) is 19.9. The summed E-state index contributed by atoms with van der Waals surface area (Å²) in [5.74, 6) is -0.302. The number of nitriles is 1. The van der Waals surface area contributed by atoms with Crippen molar-refractivity contribution in [2.75, 3.05) is 0 Å². The molecule has 1 atom stereocenters. The number of amides is 1. The third-order valence-corrected chi connectivity index (χ3v) is 2.74. The Balaban J connectivity index is 2.12. The average molecular weight is 218 g/mol. The molecule has 0 aliphatic carbocycles. The van der Waals surface area contributed by atoms with Crippen LogP contribution in [0.15, 0.2) is 24.3 Å². The summed E-state index contributed by atoms with van der Waals surface area (Å²) in [7, 11) is 0. The number of hydrogen-bond acceptors (Lipinski definition) is 2. The fourth-order valence-corrected chi connectivity index (χ4v) is 1.85. The molecule has 0 saturated carbocycles. The summed E-state index contributed by atoms with van der Waals surface area (Å²) in [5.41, 5.74) is 0.844. The Morgan fingerprint density at radius 2 is 2.12 bits per heavy atom. The maximum Gasteiger partial charge on any atom is 0.224 e. The molecule has 1 aromatic carbocycles. The molecule has 1 fully saturated rings. The molecule has 0 bridgehead atoms. The molecular weight excluding hydrogens is 207 g/mol. The van der Waals surface area contributed by atoms with E-state index in [1.165, 1.54) is 12.1 Å². The highest BCUT2D eigenvalue weighted by Gasteiger charge is 2.30. The van der Waals surface area contributed by atoms with E-state index < -0.39 is 0 Å². The lowest BCUT2D eigenvalue weighted by atomic mass is 10.2. The number of carbonyl (C=O) groups is 1. The molecule has 1 heterocycles. The van der Waals surface area contributed by atoms with E-state index in [0.29, 0.717) is 19.4 Å². The smallest absolute Gasteiger partial charge is 0.224 e. The summed E-state index contributed by atoms with van der Waals surface area (Å²) < 4.78 is 12.7. The third kappa shape index (κ3) is 2.03. The first-order chi connectivity index (χ1) is 7.70. The molecule has 1 aliphatic rings. The van der Waals surface area contributed by atoms with Crippen LogP contribution < -0.4 is 0 Å². The lowest BCUT2D eigenvalue weighted by Gasteiger charge is -2.19. The lowest BCUT2D eigenvalue weighted by molar-refractivity contribution is -0.128. The number of benzene rings is 1. The van der Waals surface area contributed by atoms with Crippen LogP contribution in [0.1, 0.15) is 18.4 Å². The van der Waals surface area contributed by atoms with Crippen molar-refractivity contribution in [3.63, 3.8) is 0 Å². The molecule has 0 aromatic heterocycles. The molecule has 0 spiro atoms. The third-order valence-electron chi connectivity index (χ3n) is 2.74. The summed E-state index contributed by atoms with van der Waals surface area (Å²) in [6, 6.07) is 7.76. The number of halogens is 1. The van der Waals surface area contributed by atoms with E-state index in [-0.39, 0.29) is 17.8 Å². The van der Waals surface area contributed by atoms with Crippen molar-refractivity contribution in [3.05, 3.63) is 35.6 Å². The second kappa shape index (κ2) is 4.31. The second-order valence-electron chi connectivity index (χ2n) is 3.83. The Hall–Kier alpha value is -1.89. The standard InChI is InChI=1S/C12H11FN2O/c13-10-3-1-9(2-4-10)8-15-11(7-14)5-6-12(15)16/h1-4,11H,5-6,8H2. The van der Waals surface area contributed by atoms with Gasteiger partial charge >= 0.3 is 0 Å². The maximum absolute atomic E-state index is 12.7. The fourth-order valence-electron chi connectivity index (χ4n) is 1.85. The van der Waals surface area contributed by atoms with Gasteiger partial charge in [-0.25, -0.2) is 4.39 Å². The van der Waals surface area contributed by atoms with Gasteiger partial charge in [0.05, 0.1) is 6.07 Å². The van der Waals surface area contributed by atoms with Crippen LogP contribution in [0.3, 0.4) is 0 Å². The minimum absolute atomic E-state index is 0.00382. The minimum atomic E-state index is -0.336. The Bertz CT molecular complexity index is 435. The highest BCUT2D eigenvalue weighted by atomic mass is 19.1. The van der Waals surface area contributed by atoms with Crippen molar-refractivity contribution in [1.29, 1.82) is 5.26 Å². The summed E-state index contributed by atoms with van der Waals surface area (Å²) >= 11 is 0. The van der Waals surface area contributed by atoms with Crippen molar-refractivity contribution >= 4 is 5.91 Å². The number of carbonyl (C=O) groups excluding carboxylic acids is 1. The molecule has 3 nitrogen and oxygen atoms in total. The van der Waals surface area contributed by atoms with Crippen molar-refractivity contribution in [2.45, 2.75) is 25.4 Å². The van der Waals surface area contributed by atoms with Crippen LogP contribution in [0.2, 0.25) is 0 Å². The Morgan fingerprint density at radius 3 is 2.75 bits per heavy atom. The fraction of sp³-hybridized carbons (Fsp3) is 0.333. The number of hydrogen-bond donors (Lipinski definition) is 0. The van der Waals surface area contributed by atoms with Gasteiger partial charge in [-0.1, -0.05) is 12.1 Å². The maximum atomic E-state index is 12.7. The lowest BCUT2D eigenvalue weighted by Crippen LogP contribution is -2.31. The van der Waals surface area contributed by atoms with Gasteiger partial charge in [0, 0.05) is 13.0 Å². The zero-order valence-electron chi connectivity index (χ0n) is 8.69. The van der Waals surface area contributed by atoms with Gasteiger partial charge in [0.25, 0.3) is 0 Å². The van der Waals surface area contributed by atoms with E-state index >= 15 is 0 Å². The van der Waals surface area contributed by atoms with Crippen LogP contribution in [0, 0.1) is 17.1 Å². The molecule has 1 aliphatic heterocycles. The molecule has 4 heteroatoms. The zero-order valence-corrected chi connectivity index (χ0v) is 8.69. The Labute approximate surface area is 93.1 Å². The molecule has 0 radical (unpaired) electrons. The van der Waals surface area contributed by atoms with E-state index in [4.69, 9.17) is 5.26 Å². The first-order valence-corrected chi connectivity index (χ1v) is 5.14. The largest absolute Gasteiger partial charge is 0.322 e. The van der Waals surface area contributed by atoms with E-state index in [0.717, 1.165) is 5.56 Å². The summed E-state index contributed by atoms with van der Waals surface area (Å²) in [6.07, 6.45) is 1.02. The first-order valence-electron chi connectivity index (χ1n) is 5.14. The van der Waals surface area contributed by atoms with E-state index in [1.807, 2.05) is 0 Å². The van der Waals surface area contributed by atoms with Crippen LogP contribution in [0.5, 0.6) is 0 Å². The topological polar surface area (TPSA) is 44.1 Å². The minimum Gasteiger partial charge on any atom is -0.322 e. The van der Waals surface area contributed by atoms with Crippen LogP contribution in [0.4, 0.5) is 4.39 Å². The van der Waals surface area contributed by atoms with Gasteiger partial charge in [0.1, 0.15) is 11.9 Å². The Morgan fingerprint density at radius 1 is 1.44 bits per heavy atom. The van der Waals surface area contributed by atoms with Gasteiger partial charge in [0.15, 0.2) is 0 Å². The molecule has 16 heavy (non-hydrogen) atoms. The molecule has 1 amide bonds. The molecule has 2 rings (SSSR count). The van der Waals surface area contributed by atoms with Crippen molar-refractivity contribution in [1.82, 2.24) is 4.90 Å². The van der Waals surface area contributed by atoms with Crippen molar-refractivity contribution in [2.24, 2.45) is 0 Å². The molecule has 1 saturated heterocycles. The average Bonchev–Trinajstić information content (AvgIpc) is 2.63. The predicted molar refractivity (Wildman–Crippen MR) is 55.6 cm³/mol. The van der Waals surface area contributed by atoms with E-state index in [1.54, 1.807) is 17.0 Å². The second-order valence-corrected chi connectivity index (χ2v) is 3.83. The highest BCUT2D eigenvalue weighted by molar-refractivity contribution is 5.79. The van der Waals surface area contributed by atoms with Gasteiger partial charge in [-0.2, -0.15) is 5.26 Å². The summed E-state index contributed by atoms with van der Waals surface area (Å²) in [4.78, 5) is 13.1. The molecule has 0 N–H and O–H groups in total. The number of likely N-dealkylation sites (tertiary alicyclic amines) is 1. The van der Waals surface area contributed by atoms with Gasteiger partial charge < -0.3 is 4.90 Å². The van der Waals surface area contributed by atoms with Gasteiger partial charge in [-0.05, 0) is 24.1 Å². The number of rotatable bonds is 2. The molecule has 1 aromatic rings. The predicted octanol–water partition coefficient (Wildman–Crippen LogP) is 1.84. The summed E-state index contributed by atoms with van der Waals surface area (Å²) in [5, 5.41) is 8.87. The molecular formula is C12H11FN2O. The van der Waals surface area contributed by atoms with Crippen molar-refractivity contribution < 1.29 is 9.18 Å². The van der Waals surface area contributed by atoms with E-state index in [2.05, 4.69) is 6.07 Å². The quantitative estimate of drug-likeness (QED) is 0.760. The zero-order chi connectivity index (χ0) is 11.5. The molecule has 82 valence electrons. The van der Waals surface area contributed by atoms with Crippen LogP contribution in [-0.2, 0) is 11.3 Å². The van der Waals surface area contributed by atoms with Crippen LogP contribution in [0.25, 0.3) is 0 Å². The van der Waals surface area contributed by atoms with Gasteiger partial charge in [0.2, 0.25) is 5.91 Å². The van der Waals surface area contributed by atoms with Gasteiger partial charge in [-0.3, -0.25) is 4.79 Å². The van der Waals surface area contributed by atoms with Crippen LogP contribution >= 0.6 is 0 Å². The number of nitrogens with zero attached hydrogens (tertiary/aromatic N) is 2. The first kappa shape index (κ1) is 10.6. The van der Waals surface area contributed by atoms with Gasteiger partial charge in [-0.15, -0.1) is 0 Å². The van der Waals surface area contributed by atoms with Crippen LogP contribution in [-0.4, -0.2) is 16.8 Å². The van der Waals surface area contributed by atoms with Crippen molar-refractivity contribution in [3.8, 4) is 6.07 Å². The Kier molecular flexibility index (Phi) is 2.86.